The van der Waals surface area contributed by atoms with Crippen molar-refractivity contribution in [3.8, 4) is 0 Å². The van der Waals surface area contributed by atoms with Gasteiger partial charge in [-0.05, 0) is 41.5 Å². The van der Waals surface area contributed by atoms with Gasteiger partial charge >= 0.3 is 6.03 Å². The molecule has 0 bridgehead atoms. The Bertz CT molecular complexity index is 770. The first-order chi connectivity index (χ1) is 12.0. The average molecular weight is 338 g/mol. The number of benzene rings is 2. The molecule has 1 aliphatic heterocycles. The van der Waals surface area contributed by atoms with Crippen LogP contribution in [0.15, 0.2) is 42.5 Å². The third-order valence-corrected chi connectivity index (χ3v) is 5.01. The van der Waals surface area contributed by atoms with E-state index in [1.54, 1.807) is 4.90 Å². The van der Waals surface area contributed by atoms with Crippen LogP contribution in [0.1, 0.15) is 48.1 Å². The average Bonchev–Trinajstić information content (AvgIpc) is 2.62. The van der Waals surface area contributed by atoms with Crippen molar-refractivity contribution in [1.29, 1.82) is 0 Å². The van der Waals surface area contributed by atoms with Crippen LogP contribution in [-0.4, -0.2) is 29.2 Å². The molecule has 2 N–H and O–H groups in total. The lowest BCUT2D eigenvalue weighted by Gasteiger charge is -2.36. The van der Waals surface area contributed by atoms with E-state index in [0.717, 1.165) is 28.8 Å². The SMILES string of the molecule is Cc1cccc(C(C)C)c1NC(=O)N1CCc2ccccc2C1CO. The van der Waals surface area contributed by atoms with E-state index in [2.05, 4.69) is 31.3 Å². The van der Waals surface area contributed by atoms with Gasteiger partial charge in [-0.2, -0.15) is 0 Å². The molecular formula is C21H26N2O2. The number of anilines is 1. The second-order valence-electron chi connectivity index (χ2n) is 6.96. The summed E-state index contributed by atoms with van der Waals surface area (Å²) in [6.45, 7) is 6.79. The van der Waals surface area contributed by atoms with Crippen LogP contribution >= 0.6 is 0 Å². The maximum atomic E-state index is 13.0. The quantitative estimate of drug-likeness (QED) is 0.879. The Balaban J connectivity index is 1.88. The van der Waals surface area contributed by atoms with Crippen molar-refractivity contribution in [2.24, 2.45) is 0 Å². The predicted molar refractivity (Wildman–Crippen MR) is 101 cm³/mol. The molecule has 0 spiro atoms. The number of nitrogens with zero attached hydrogens (tertiary/aromatic N) is 1. The Morgan fingerprint density at radius 3 is 2.72 bits per heavy atom. The van der Waals surface area contributed by atoms with Crippen molar-refractivity contribution in [3.05, 3.63) is 64.7 Å². The van der Waals surface area contributed by atoms with Gasteiger partial charge in [0.25, 0.3) is 0 Å². The minimum Gasteiger partial charge on any atom is -0.394 e. The highest BCUT2D eigenvalue weighted by atomic mass is 16.3. The molecule has 2 aromatic carbocycles. The zero-order valence-corrected chi connectivity index (χ0v) is 15.1. The van der Waals surface area contributed by atoms with E-state index < -0.39 is 0 Å². The summed E-state index contributed by atoms with van der Waals surface area (Å²) in [4.78, 5) is 14.7. The zero-order valence-electron chi connectivity index (χ0n) is 15.1. The van der Waals surface area contributed by atoms with Crippen LogP contribution in [0.2, 0.25) is 0 Å². The Kier molecular flexibility index (Phi) is 5.09. The van der Waals surface area contributed by atoms with Gasteiger partial charge in [0.2, 0.25) is 0 Å². The molecule has 1 atom stereocenters. The molecule has 4 nitrogen and oxygen atoms in total. The predicted octanol–water partition coefficient (Wildman–Crippen LogP) is 4.24. The number of urea groups is 1. The number of carbonyl (C=O) groups is 1. The smallest absolute Gasteiger partial charge is 0.322 e. The molecule has 0 aromatic heterocycles. The minimum absolute atomic E-state index is 0.0742. The van der Waals surface area contributed by atoms with Crippen molar-refractivity contribution in [3.63, 3.8) is 0 Å². The van der Waals surface area contributed by atoms with Gasteiger partial charge in [0.15, 0.2) is 0 Å². The first kappa shape index (κ1) is 17.5. The number of para-hydroxylation sites is 1. The number of carbonyl (C=O) groups excluding carboxylic acids is 1. The lowest BCUT2D eigenvalue weighted by atomic mass is 9.93. The van der Waals surface area contributed by atoms with Gasteiger partial charge < -0.3 is 15.3 Å². The molecule has 3 rings (SSSR count). The fraction of sp³-hybridized carbons (Fsp3) is 0.381. The Labute approximate surface area is 149 Å². The van der Waals surface area contributed by atoms with Gasteiger partial charge in [-0.25, -0.2) is 4.79 Å². The van der Waals surface area contributed by atoms with Crippen molar-refractivity contribution in [2.45, 2.75) is 39.2 Å². The molecule has 0 aliphatic carbocycles. The first-order valence-corrected chi connectivity index (χ1v) is 8.88. The molecule has 4 heteroatoms. The maximum Gasteiger partial charge on any atom is 0.322 e. The largest absolute Gasteiger partial charge is 0.394 e. The molecule has 1 heterocycles. The lowest BCUT2D eigenvalue weighted by molar-refractivity contribution is 0.135. The summed E-state index contributed by atoms with van der Waals surface area (Å²) in [5.74, 6) is 0.325. The maximum absolute atomic E-state index is 13.0. The monoisotopic (exact) mass is 338 g/mol. The summed E-state index contributed by atoms with van der Waals surface area (Å²) >= 11 is 0. The topological polar surface area (TPSA) is 52.6 Å². The van der Waals surface area contributed by atoms with Crippen molar-refractivity contribution in [2.75, 3.05) is 18.5 Å². The Morgan fingerprint density at radius 2 is 2.00 bits per heavy atom. The Hall–Kier alpha value is -2.33. The molecule has 1 unspecified atom stereocenters. The van der Waals surface area contributed by atoms with Crippen molar-refractivity contribution in [1.82, 2.24) is 4.90 Å². The number of amides is 2. The third-order valence-electron chi connectivity index (χ3n) is 5.01. The molecule has 0 saturated carbocycles. The van der Waals surface area contributed by atoms with Gasteiger partial charge in [-0.3, -0.25) is 0 Å². The minimum atomic E-state index is -0.295. The van der Waals surface area contributed by atoms with Crippen LogP contribution in [0, 0.1) is 6.92 Å². The molecule has 132 valence electrons. The standard InChI is InChI=1S/C21H26N2O2/c1-14(2)17-10-6-7-15(3)20(17)22-21(25)23-12-11-16-8-4-5-9-18(16)19(23)13-24/h4-10,14,19,24H,11-13H2,1-3H3,(H,22,25). The number of rotatable bonds is 3. The van der Waals surface area contributed by atoms with E-state index in [-0.39, 0.29) is 18.7 Å². The van der Waals surface area contributed by atoms with Gasteiger partial charge in [-0.15, -0.1) is 0 Å². The van der Waals surface area contributed by atoms with Gasteiger partial charge in [0.1, 0.15) is 0 Å². The molecule has 0 saturated heterocycles. The normalized spacial score (nSPS) is 16.7. The molecule has 0 radical (unpaired) electrons. The molecule has 0 fully saturated rings. The highest BCUT2D eigenvalue weighted by molar-refractivity contribution is 5.91. The summed E-state index contributed by atoms with van der Waals surface area (Å²) in [7, 11) is 0. The fourth-order valence-electron chi connectivity index (χ4n) is 3.61. The van der Waals surface area contributed by atoms with Gasteiger partial charge in [0.05, 0.1) is 12.6 Å². The summed E-state index contributed by atoms with van der Waals surface area (Å²) in [5.41, 5.74) is 5.33. The van der Waals surface area contributed by atoms with E-state index in [4.69, 9.17) is 0 Å². The molecule has 2 amide bonds. The number of fused-ring (bicyclic) bond motifs is 1. The van der Waals surface area contributed by atoms with Gasteiger partial charge in [0, 0.05) is 12.2 Å². The number of aliphatic hydroxyl groups excluding tert-OH is 1. The number of hydrogen-bond donors (Lipinski definition) is 2. The number of aliphatic hydroxyl groups is 1. The van der Waals surface area contributed by atoms with Crippen molar-refractivity contribution < 1.29 is 9.90 Å². The van der Waals surface area contributed by atoms with E-state index in [0.29, 0.717) is 12.5 Å². The highest BCUT2D eigenvalue weighted by Gasteiger charge is 2.30. The summed E-state index contributed by atoms with van der Waals surface area (Å²) in [6.07, 6.45) is 0.810. The number of nitrogens with one attached hydrogen (secondary N) is 1. The second kappa shape index (κ2) is 7.28. The van der Waals surface area contributed by atoms with Gasteiger partial charge in [-0.1, -0.05) is 56.3 Å². The summed E-state index contributed by atoms with van der Waals surface area (Å²) in [5, 5.41) is 13.0. The van der Waals surface area contributed by atoms with Crippen LogP contribution in [0.25, 0.3) is 0 Å². The zero-order chi connectivity index (χ0) is 18.0. The molecule has 2 aromatic rings. The van der Waals surface area contributed by atoms with Crippen LogP contribution in [-0.2, 0) is 6.42 Å². The Morgan fingerprint density at radius 1 is 1.24 bits per heavy atom. The van der Waals surface area contributed by atoms with E-state index in [1.165, 1.54) is 5.56 Å². The van der Waals surface area contributed by atoms with E-state index in [1.807, 2.05) is 37.3 Å². The van der Waals surface area contributed by atoms with Crippen LogP contribution in [0.3, 0.4) is 0 Å². The van der Waals surface area contributed by atoms with Crippen LogP contribution in [0.5, 0.6) is 0 Å². The first-order valence-electron chi connectivity index (χ1n) is 8.88. The molecule has 25 heavy (non-hydrogen) atoms. The second-order valence-corrected chi connectivity index (χ2v) is 6.96. The van der Waals surface area contributed by atoms with E-state index >= 15 is 0 Å². The van der Waals surface area contributed by atoms with Crippen LogP contribution in [0.4, 0.5) is 10.5 Å². The lowest BCUT2D eigenvalue weighted by Crippen LogP contribution is -2.44. The number of hydrogen-bond acceptors (Lipinski definition) is 2. The number of aryl methyl sites for hydroxylation is 1. The highest BCUT2D eigenvalue weighted by Crippen LogP contribution is 2.32. The molecule has 1 aliphatic rings. The third kappa shape index (κ3) is 3.40. The van der Waals surface area contributed by atoms with Crippen LogP contribution < -0.4 is 5.32 Å². The fourth-order valence-corrected chi connectivity index (χ4v) is 3.61. The molecular weight excluding hydrogens is 312 g/mol. The summed E-state index contributed by atoms with van der Waals surface area (Å²) < 4.78 is 0. The summed E-state index contributed by atoms with van der Waals surface area (Å²) in [6, 6.07) is 13.7. The van der Waals surface area contributed by atoms with Crippen molar-refractivity contribution >= 4 is 11.7 Å². The van der Waals surface area contributed by atoms with E-state index in [9.17, 15) is 9.90 Å².